The molecule has 22 heavy (non-hydrogen) atoms. The largest absolute Gasteiger partial charge is 0.455 e. The molecule has 0 amide bonds. The van der Waals surface area contributed by atoms with Gasteiger partial charge in [-0.1, -0.05) is 82.6 Å². The van der Waals surface area contributed by atoms with Crippen molar-refractivity contribution in [3.05, 3.63) is 59.7 Å². The average Bonchev–Trinajstić information content (AvgIpc) is 2.83. The van der Waals surface area contributed by atoms with Crippen molar-refractivity contribution < 1.29 is 9.53 Å². The van der Waals surface area contributed by atoms with Crippen molar-refractivity contribution in [1.29, 1.82) is 0 Å². The van der Waals surface area contributed by atoms with Crippen LogP contribution in [-0.4, -0.2) is 6.47 Å². The Morgan fingerprint density at radius 1 is 0.955 bits per heavy atom. The molecule has 0 unspecified atom stereocenters. The molecule has 2 aromatic rings. The molecular formula is C20H24O2. The highest BCUT2D eigenvalue weighted by Gasteiger charge is 2.28. The van der Waals surface area contributed by atoms with Crippen LogP contribution in [0, 0.1) is 5.41 Å². The van der Waals surface area contributed by atoms with Gasteiger partial charge in [-0.25, -0.2) is 0 Å². The molecule has 0 aliphatic heterocycles. The first-order valence-corrected chi connectivity index (χ1v) is 7.75. The normalized spacial score (nSPS) is 12.7. The smallest absolute Gasteiger partial charge is 0.294 e. The average molecular weight is 296 g/mol. The lowest BCUT2D eigenvalue weighted by atomic mass is 9.94. The topological polar surface area (TPSA) is 26.3 Å². The molecule has 3 rings (SSSR count). The Labute approximate surface area is 133 Å². The van der Waals surface area contributed by atoms with Gasteiger partial charge in [0.25, 0.3) is 6.47 Å². The Kier molecular flexibility index (Phi) is 5.02. The Morgan fingerprint density at radius 3 is 1.73 bits per heavy atom. The van der Waals surface area contributed by atoms with E-state index < -0.39 is 0 Å². The molecule has 0 saturated heterocycles. The van der Waals surface area contributed by atoms with E-state index in [-0.39, 0.29) is 6.10 Å². The Bertz CT molecular complexity index is 593. The quantitative estimate of drug-likeness (QED) is 0.696. The van der Waals surface area contributed by atoms with E-state index in [0.717, 1.165) is 22.3 Å². The van der Waals surface area contributed by atoms with Crippen LogP contribution in [0.2, 0.25) is 0 Å². The lowest BCUT2D eigenvalue weighted by molar-refractivity contribution is -0.131. The Balaban J connectivity index is 0.000000254. The second-order valence-corrected chi connectivity index (χ2v) is 6.70. The molecule has 2 heteroatoms. The number of rotatable bonds is 2. The fourth-order valence-electron chi connectivity index (χ4n) is 2.31. The van der Waals surface area contributed by atoms with Gasteiger partial charge in [0.1, 0.15) is 0 Å². The third-order valence-electron chi connectivity index (χ3n) is 4.03. The fourth-order valence-corrected chi connectivity index (χ4v) is 2.31. The predicted octanol–water partition coefficient (Wildman–Crippen LogP) is 5.37. The van der Waals surface area contributed by atoms with Gasteiger partial charge in [0.05, 0.1) is 0 Å². The van der Waals surface area contributed by atoms with Gasteiger partial charge >= 0.3 is 0 Å². The SMILES string of the molecule is CCC(C)(C)C.O=COC1c2ccccc2-c2ccccc21. The van der Waals surface area contributed by atoms with Crippen molar-refractivity contribution in [3.63, 3.8) is 0 Å². The summed E-state index contributed by atoms with van der Waals surface area (Å²) in [7, 11) is 0. The van der Waals surface area contributed by atoms with Gasteiger partial charge in [-0.3, -0.25) is 4.79 Å². The minimum atomic E-state index is -0.245. The van der Waals surface area contributed by atoms with Crippen molar-refractivity contribution in [1.82, 2.24) is 0 Å². The minimum Gasteiger partial charge on any atom is -0.455 e. The molecule has 2 aromatic carbocycles. The Morgan fingerprint density at radius 2 is 1.36 bits per heavy atom. The summed E-state index contributed by atoms with van der Waals surface area (Å²) in [5.74, 6) is 0. The summed E-state index contributed by atoms with van der Waals surface area (Å²) in [4.78, 5) is 10.6. The lowest BCUT2D eigenvalue weighted by Gasteiger charge is -2.12. The van der Waals surface area contributed by atoms with Crippen LogP contribution in [-0.2, 0) is 9.53 Å². The molecule has 0 bridgehead atoms. The molecule has 0 heterocycles. The van der Waals surface area contributed by atoms with Crippen LogP contribution in [0.3, 0.4) is 0 Å². The molecule has 2 nitrogen and oxygen atoms in total. The van der Waals surface area contributed by atoms with Crippen molar-refractivity contribution in [3.8, 4) is 11.1 Å². The fraction of sp³-hybridized carbons (Fsp3) is 0.350. The van der Waals surface area contributed by atoms with Gasteiger partial charge in [0.15, 0.2) is 6.10 Å². The van der Waals surface area contributed by atoms with Gasteiger partial charge < -0.3 is 4.74 Å². The predicted molar refractivity (Wildman–Crippen MR) is 90.6 cm³/mol. The molecule has 0 N–H and O–H groups in total. The highest BCUT2D eigenvalue weighted by Crippen LogP contribution is 2.44. The van der Waals surface area contributed by atoms with Crippen LogP contribution < -0.4 is 0 Å². The number of hydrogen-bond donors (Lipinski definition) is 0. The molecular weight excluding hydrogens is 272 g/mol. The first-order valence-electron chi connectivity index (χ1n) is 7.75. The minimum absolute atomic E-state index is 0.245. The van der Waals surface area contributed by atoms with Crippen LogP contribution in [0.5, 0.6) is 0 Å². The van der Waals surface area contributed by atoms with Gasteiger partial charge in [-0.05, 0) is 16.5 Å². The van der Waals surface area contributed by atoms with E-state index in [1.54, 1.807) is 0 Å². The van der Waals surface area contributed by atoms with E-state index in [1.807, 2.05) is 36.4 Å². The maximum atomic E-state index is 10.6. The van der Waals surface area contributed by atoms with E-state index in [4.69, 9.17) is 4.74 Å². The van der Waals surface area contributed by atoms with Gasteiger partial charge in [0.2, 0.25) is 0 Å². The third-order valence-corrected chi connectivity index (χ3v) is 4.03. The number of ether oxygens (including phenoxy) is 1. The van der Waals surface area contributed by atoms with Crippen molar-refractivity contribution in [2.75, 3.05) is 0 Å². The number of carbonyl (C=O) groups excluding carboxylic acids is 1. The molecule has 1 aliphatic rings. The number of carbonyl (C=O) groups is 1. The van der Waals surface area contributed by atoms with Crippen LogP contribution in [0.1, 0.15) is 51.3 Å². The van der Waals surface area contributed by atoms with Crippen molar-refractivity contribution >= 4 is 6.47 Å². The van der Waals surface area contributed by atoms with E-state index >= 15 is 0 Å². The maximum absolute atomic E-state index is 10.6. The highest BCUT2D eigenvalue weighted by molar-refractivity contribution is 5.78. The summed E-state index contributed by atoms with van der Waals surface area (Å²) in [5.41, 5.74) is 4.99. The zero-order chi connectivity index (χ0) is 16.2. The van der Waals surface area contributed by atoms with E-state index in [2.05, 4.69) is 39.8 Å². The zero-order valence-electron chi connectivity index (χ0n) is 13.8. The molecule has 0 fully saturated rings. The molecule has 0 radical (unpaired) electrons. The van der Waals surface area contributed by atoms with Crippen molar-refractivity contribution in [2.24, 2.45) is 5.41 Å². The van der Waals surface area contributed by atoms with Crippen molar-refractivity contribution in [2.45, 2.75) is 40.2 Å². The summed E-state index contributed by atoms with van der Waals surface area (Å²) in [5, 5.41) is 0. The lowest BCUT2D eigenvalue weighted by Crippen LogP contribution is -2.00. The zero-order valence-corrected chi connectivity index (χ0v) is 13.8. The maximum Gasteiger partial charge on any atom is 0.294 e. The van der Waals surface area contributed by atoms with Gasteiger partial charge in [-0.15, -0.1) is 0 Å². The van der Waals surface area contributed by atoms with Crippen LogP contribution >= 0.6 is 0 Å². The molecule has 0 aromatic heterocycles. The van der Waals surface area contributed by atoms with Crippen LogP contribution in [0.25, 0.3) is 11.1 Å². The van der Waals surface area contributed by atoms with E-state index in [9.17, 15) is 4.79 Å². The summed E-state index contributed by atoms with van der Waals surface area (Å²) in [6, 6.07) is 16.0. The van der Waals surface area contributed by atoms with Gasteiger partial charge in [-0.2, -0.15) is 0 Å². The first kappa shape index (κ1) is 16.3. The molecule has 1 aliphatic carbocycles. The summed E-state index contributed by atoms with van der Waals surface area (Å²) >= 11 is 0. The van der Waals surface area contributed by atoms with Gasteiger partial charge in [0, 0.05) is 11.1 Å². The molecule has 0 spiro atoms. The third kappa shape index (κ3) is 3.56. The van der Waals surface area contributed by atoms with E-state index in [0.29, 0.717) is 11.9 Å². The molecule has 0 saturated carbocycles. The van der Waals surface area contributed by atoms with Crippen LogP contribution in [0.15, 0.2) is 48.5 Å². The molecule has 0 atom stereocenters. The second-order valence-electron chi connectivity index (χ2n) is 6.70. The first-order chi connectivity index (χ1) is 10.5. The number of benzene rings is 2. The summed E-state index contributed by atoms with van der Waals surface area (Å²) < 4.78 is 5.18. The number of hydrogen-bond acceptors (Lipinski definition) is 2. The molecule has 116 valence electrons. The summed E-state index contributed by atoms with van der Waals surface area (Å²) in [6.45, 7) is 9.45. The highest BCUT2D eigenvalue weighted by atomic mass is 16.5. The monoisotopic (exact) mass is 296 g/mol. The number of fused-ring (bicyclic) bond motifs is 3. The van der Waals surface area contributed by atoms with Crippen LogP contribution in [0.4, 0.5) is 0 Å². The Hall–Kier alpha value is -2.09. The van der Waals surface area contributed by atoms with E-state index in [1.165, 1.54) is 6.42 Å². The summed E-state index contributed by atoms with van der Waals surface area (Å²) in [6.07, 6.45) is 1.03. The standard InChI is InChI=1S/C14H10O2.C6H14/c15-9-16-14-12-7-3-1-5-10(12)11-6-2-4-8-13(11)14;1-5-6(2,3)4/h1-9,14H;5H2,1-4H3. The second kappa shape index (κ2) is 6.78.